The topological polar surface area (TPSA) is 0 Å². The van der Waals surface area contributed by atoms with E-state index in [4.69, 9.17) is 0 Å². The van der Waals surface area contributed by atoms with Crippen LogP contribution < -0.4 is 0 Å². The summed E-state index contributed by atoms with van der Waals surface area (Å²) < 4.78 is 12.9. The predicted octanol–water partition coefficient (Wildman–Crippen LogP) is 4.22. The zero-order valence-corrected chi connectivity index (χ0v) is 10.5. The molecular formula is C10H11Br2F. The molecule has 72 valence electrons. The van der Waals surface area contributed by atoms with Crippen LogP contribution in [-0.2, 0) is 6.42 Å². The molecule has 0 nitrogen and oxygen atoms in total. The number of hydrogen-bond acceptors (Lipinski definition) is 0. The first kappa shape index (κ1) is 11.2. The molecule has 1 aromatic carbocycles. The molecule has 3 heteroatoms. The molecule has 13 heavy (non-hydrogen) atoms. The van der Waals surface area contributed by atoms with Gasteiger partial charge in [-0.05, 0) is 36.6 Å². The Morgan fingerprint density at radius 3 is 2.69 bits per heavy atom. The molecule has 0 heterocycles. The number of hydrogen-bond donors (Lipinski definition) is 0. The van der Waals surface area contributed by atoms with Gasteiger partial charge in [0, 0.05) is 10.2 Å². The summed E-state index contributed by atoms with van der Waals surface area (Å²) in [6.45, 7) is 2.05. The molecule has 0 radical (unpaired) electrons. The lowest BCUT2D eigenvalue weighted by atomic mass is 10.0. The Bertz CT molecular complexity index is 284. The molecule has 1 atom stereocenters. The fourth-order valence-electron chi connectivity index (χ4n) is 1.28. The van der Waals surface area contributed by atoms with Gasteiger partial charge in [0.2, 0.25) is 0 Å². The Labute approximate surface area is 94.8 Å². The van der Waals surface area contributed by atoms with Gasteiger partial charge in [-0.25, -0.2) is 4.39 Å². The standard InChI is InChI=1S/C10H11Br2F/c1-7(12)10-3-2-9(13)6-8(10)4-5-11/h2-3,6-7H,4-5H2,1H3. The van der Waals surface area contributed by atoms with Crippen molar-refractivity contribution in [2.45, 2.75) is 18.2 Å². The van der Waals surface area contributed by atoms with Crippen molar-refractivity contribution in [1.82, 2.24) is 0 Å². The molecule has 0 saturated carbocycles. The van der Waals surface area contributed by atoms with E-state index < -0.39 is 0 Å². The van der Waals surface area contributed by atoms with E-state index in [-0.39, 0.29) is 10.6 Å². The maximum Gasteiger partial charge on any atom is 0.123 e. The fourth-order valence-corrected chi connectivity index (χ4v) is 2.15. The lowest BCUT2D eigenvalue weighted by molar-refractivity contribution is 0.624. The van der Waals surface area contributed by atoms with Crippen molar-refractivity contribution in [2.24, 2.45) is 0 Å². The number of alkyl halides is 2. The number of aryl methyl sites for hydroxylation is 1. The van der Waals surface area contributed by atoms with E-state index in [9.17, 15) is 4.39 Å². The second-order valence-electron chi connectivity index (χ2n) is 2.90. The largest absolute Gasteiger partial charge is 0.207 e. The molecule has 0 saturated heterocycles. The van der Waals surface area contributed by atoms with Gasteiger partial charge in [0.1, 0.15) is 5.82 Å². The van der Waals surface area contributed by atoms with Crippen LogP contribution in [-0.4, -0.2) is 5.33 Å². The minimum Gasteiger partial charge on any atom is -0.207 e. The molecule has 0 fully saturated rings. The highest BCUT2D eigenvalue weighted by Crippen LogP contribution is 2.26. The minimum absolute atomic E-state index is 0.159. The molecule has 0 N–H and O–H groups in total. The van der Waals surface area contributed by atoms with Crippen LogP contribution >= 0.6 is 31.9 Å². The summed E-state index contributed by atoms with van der Waals surface area (Å²) in [7, 11) is 0. The van der Waals surface area contributed by atoms with Crippen molar-refractivity contribution in [3.8, 4) is 0 Å². The van der Waals surface area contributed by atoms with Gasteiger partial charge < -0.3 is 0 Å². The van der Waals surface area contributed by atoms with Crippen molar-refractivity contribution in [3.05, 3.63) is 35.1 Å². The average molecular weight is 310 g/mol. The summed E-state index contributed by atoms with van der Waals surface area (Å²) in [6.07, 6.45) is 0.864. The molecule has 0 aromatic heterocycles. The monoisotopic (exact) mass is 308 g/mol. The summed E-state index contributed by atoms with van der Waals surface area (Å²) in [4.78, 5) is 0.280. The van der Waals surface area contributed by atoms with E-state index in [0.29, 0.717) is 0 Å². The normalized spacial score (nSPS) is 12.9. The van der Waals surface area contributed by atoms with Crippen molar-refractivity contribution in [3.63, 3.8) is 0 Å². The molecular weight excluding hydrogens is 299 g/mol. The molecule has 1 unspecified atom stereocenters. The first-order valence-electron chi connectivity index (χ1n) is 4.13. The van der Waals surface area contributed by atoms with Gasteiger partial charge in [-0.3, -0.25) is 0 Å². The Morgan fingerprint density at radius 1 is 1.46 bits per heavy atom. The second-order valence-corrected chi connectivity index (χ2v) is 5.06. The lowest BCUT2D eigenvalue weighted by Gasteiger charge is -2.10. The average Bonchev–Trinajstić information content (AvgIpc) is 2.04. The highest BCUT2D eigenvalue weighted by atomic mass is 79.9. The number of benzene rings is 1. The lowest BCUT2D eigenvalue weighted by Crippen LogP contribution is -1.96. The summed E-state index contributed by atoms with van der Waals surface area (Å²) >= 11 is 6.85. The smallest absolute Gasteiger partial charge is 0.123 e. The van der Waals surface area contributed by atoms with Crippen LogP contribution in [0.2, 0.25) is 0 Å². The Balaban J connectivity index is 3.03. The zero-order valence-electron chi connectivity index (χ0n) is 7.36. The fraction of sp³-hybridized carbons (Fsp3) is 0.400. The Morgan fingerprint density at radius 2 is 2.15 bits per heavy atom. The molecule has 1 rings (SSSR count). The van der Waals surface area contributed by atoms with Gasteiger partial charge in [-0.1, -0.05) is 37.9 Å². The molecule has 0 aliphatic heterocycles. The van der Waals surface area contributed by atoms with Crippen molar-refractivity contribution in [2.75, 3.05) is 5.33 Å². The van der Waals surface area contributed by atoms with E-state index in [1.807, 2.05) is 13.0 Å². The van der Waals surface area contributed by atoms with Gasteiger partial charge in [-0.15, -0.1) is 0 Å². The van der Waals surface area contributed by atoms with Crippen LogP contribution in [0.1, 0.15) is 22.9 Å². The van der Waals surface area contributed by atoms with Crippen LogP contribution in [0.15, 0.2) is 18.2 Å². The van der Waals surface area contributed by atoms with E-state index >= 15 is 0 Å². The van der Waals surface area contributed by atoms with Gasteiger partial charge in [-0.2, -0.15) is 0 Å². The molecule has 0 bridgehead atoms. The Hall–Kier alpha value is 0.110. The maximum absolute atomic E-state index is 12.9. The van der Waals surface area contributed by atoms with E-state index in [1.165, 1.54) is 11.6 Å². The quantitative estimate of drug-likeness (QED) is 0.733. The van der Waals surface area contributed by atoms with Crippen molar-refractivity contribution >= 4 is 31.9 Å². The predicted molar refractivity (Wildman–Crippen MR) is 61.2 cm³/mol. The third kappa shape index (κ3) is 3.06. The molecule has 0 spiro atoms. The molecule has 0 aliphatic rings. The van der Waals surface area contributed by atoms with Crippen LogP contribution in [0, 0.1) is 5.82 Å². The second kappa shape index (κ2) is 5.11. The SMILES string of the molecule is CC(Br)c1ccc(F)cc1CCBr. The van der Waals surface area contributed by atoms with Crippen LogP contribution in [0.5, 0.6) is 0 Å². The molecule has 0 aliphatic carbocycles. The van der Waals surface area contributed by atoms with Gasteiger partial charge in [0.05, 0.1) is 0 Å². The molecule has 1 aromatic rings. The van der Waals surface area contributed by atoms with Crippen LogP contribution in [0.4, 0.5) is 4.39 Å². The van der Waals surface area contributed by atoms with Gasteiger partial charge >= 0.3 is 0 Å². The highest BCUT2D eigenvalue weighted by Gasteiger charge is 2.07. The maximum atomic E-state index is 12.9. The third-order valence-corrected chi connectivity index (χ3v) is 2.79. The number of halogens is 3. The zero-order chi connectivity index (χ0) is 9.84. The van der Waals surface area contributed by atoms with Crippen molar-refractivity contribution < 1.29 is 4.39 Å². The van der Waals surface area contributed by atoms with Crippen LogP contribution in [0.3, 0.4) is 0 Å². The summed E-state index contributed by atoms with van der Waals surface area (Å²) in [5.74, 6) is -0.159. The summed E-state index contributed by atoms with van der Waals surface area (Å²) in [6, 6.07) is 4.95. The van der Waals surface area contributed by atoms with E-state index in [1.54, 1.807) is 6.07 Å². The van der Waals surface area contributed by atoms with E-state index in [2.05, 4.69) is 31.9 Å². The summed E-state index contributed by atoms with van der Waals surface area (Å²) in [5.41, 5.74) is 2.24. The highest BCUT2D eigenvalue weighted by molar-refractivity contribution is 9.09. The van der Waals surface area contributed by atoms with Crippen molar-refractivity contribution in [1.29, 1.82) is 0 Å². The van der Waals surface area contributed by atoms with Gasteiger partial charge in [0.25, 0.3) is 0 Å². The van der Waals surface area contributed by atoms with Gasteiger partial charge in [0.15, 0.2) is 0 Å². The van der Waals surface area contributed by atoms with E-state index in [0.717, 1.165) is 17.3 Å². The third-order valence-electron chi connectivity index (χ3n) is 1.90. The Kier molecular flexibility index (Phi) is 4.39. The number of rotatable bonds is 3. The molecule has 0 amide bonds. The first-order chi connectivity index (χ1) is 6.15. The minimum atomic E-state index is -0.159. The van der Waals surface area contributed by atoms with Crippen LogP contribution in [0.25, 0.3) is 0 Å². The first-order valence-corrected chi connectivity index (χ1v) is 6.17. The summed E-state index contributed by atoms with van der Waals surface area (Å²) in [5, 5.41) is 0.864.